The van der Waals surface area contributed by atoms with Crippen LogP contribution < -0.4 is 21.5 Å². The molecule has 0 aromatic heterocycles. The lowest BCUT2D eigenvalue weighted by molar-refractivity contribution is -0.116. The van der Waals surface area contributed by atoms with Gasteiger partial charge in [0.1, 0.15) is 17.1 Å². The summed E-state index contributed by atoms with van der Waals surface area (Å²) in [6.07, 6.45) is 2.57. The van der Waals surface area contributed by atoms with Crippen LogP contribution in [0.25, 0.3) is 0 Å². The fraction of sp³-hybridized carbons (Fsp3) is 0.267. The maximum Gasteiger partial charge on any atom is 0.256 e. The van der Waals surface area contributed by atoms with Crippen molar-refractivity contribution in [2.75, 3.05) is 5.32 Å². The van der Waals surface area contributed by atoms with Gasteiger partial charge in [0.25, 0.3) is 5.91 Å². The number of hydrogen-bond acceptors (Lipinski definition) is 5. The summed E-state index contributed by atoms with van der Waals surface area (Å²) in [6.45, 7) is 3.80. The standard InChI is InChI=1S/C15H17N3O3/c1-3-9-4-5-11-10(6-9)18-15(21-11)7-8(2)20-14(17)12(15)13(16)19/h4-7,18H,3,17H2,1-2H3,(H2,16,19). The van der Waals surface area contributed by atoms with Crippen LogP contribution in [0.4, 0.5) is 5.69 Å². The van der Waals surface area contributed by atoms with Gasteiger partial charge in [0.15, 0.2) is 0 Å². The third-order valence-electron chi connectivity index (χ3n) is 3.59. The molecule has 2 aliphatic rings. The largest absolute Gasteiger partial charge is 0.457 e. The average molecular weight is 287 g/mol. The van der Waals surface area contributed by atoms with Crippen molar-refractivity contribution < 1.29 is 14.3 Å². The molecule has 6 nitrogen and oxygen atoms in total. The second-order valence-electron chi connectivity index (χ2n) is 5.11. The molecule has 0 aliphatic carbocycles. The topological polar surface area (TPSA) is 99.6 Å². The SMILES string of the molecule is CCc1ccc2c(c1)NC1(C=C(C)OC(N)=C1C(N)=O)O2. The fourth-order valence-corrected chi connectivity index (χ4v) is 2.66. The fourth-order valence-electron chi connectivity index (χ4n) is 2.66. The van der Waals surface area contributed by atoms with E-state index in [9.17, 15) is 4.79 Å². The van der Waals surface area contributed by atoms with Gasteiger partial charge < -0.3 is 26.3 Å². The number of ether oxygens (including phenoxy) is 2. The molecule has 3 rings (SSSR count). The molecule has 0 saturated heterocycles. The summed E-state index contributed by atoms with van der Waals surface area (Å²) >= 11 is 0. The number of anilines is 1. The van der Waals surface area contributed by atoms with Crippen LogP contribution in [0.2, 0.25) is 0 Å². The number of carbonyl (C=O) groups is 1. The van der Waals surface area contributed by atoms with Crippen molar-refractivity contribution in [2.45, 2.75) is 26.0 Å². The van der Waals surface area contributed by atoms with Crippen molar-refractivity contribution in [3.05, 3.63) is 47.1 Å². The van der Waals surface area contributed by atoms with Gasteiger partial charge in [-0.25, -0.2) is 0 Å². The van der Waals surface area contributed by atoms with Gasteiger partial charge in [-0.3, -0.25) is 4.79 Å². The molecular weight excluding hydrogens is 270 g/mol. The molecule has 0 saturated carbocycles. The number of nitrogens with two attached hydrogens (primary N) is 2. The number of amides is 1. The molecular formula is C15H17N3O3. The minimum absolute atomic E-state index is 0.0430. The molecule has 1 atom stereocenters. The zero-order chi connectivity index (χ0) is 15.2. The second-order valence-corrected chi connectivity index (χ2v) is 5.11. The highest BCUT2D eigenvalue weighted by Gasteiger charge is 2.48. The third kappa shape index (κ3) is 1.99. The lowest BCUT2D eigenvalue weighted by atomic mass is 9.99. The monoisotopic (exact) mass is 287 g/mol. The zero-order valence-corrected chi connectivity index (χ0v) is 11.9. The molecule has 2 aliphatic heterocycles. The Morgan fingerprint density at radius 2 is 2.19 bits per heavy atom. The minimum Gasteiger partial charge on any atom is -0.457 e. The molecule has 1 spiro atoms. The zero-order valence-electron chi connectivity index (χ0n) is 11.9. The summed E-state index contributed by atoms with van der Waals surface area (Å²) in [7, 11) is 0. The van der Waals surface area contributed by atoms with Crippen molar-refractivity contribution in [3.8, 4) is 5.75 Å². The van der Waals surface area contributed by atoms with Crippen LogP contribution in [0.5, 0.6) is 5.75 Å². The van der Waals surface area contributed by atoms with E-state index in [0.29, 0.717) is 11.5 Å². The molecule has 0 radical (unpaired) electrons. The first-order valence-electron chi connectivity index (χ1n) is 6.72. The maximum atomic E-state index is 11.8. The number of carbonyl (C=O) groups excluding carboxylic acids is 1. The van der Waals surface area contributed by atoms with Gasteiger partial charge >= 0.3 is 0 Å². The van der Waals surface area contributed by atoms with E-state index >= 15 is 0 Å². The molecule has 6 heteroatoms. The summed E-state index contributed by atoms with van der Waals surface area (Å²) in [4.78, 5) is 11.8. The number of rotatable bonds is 2. The van der Waals surface area contributed by atoms with Crippen LogP contribution in [0.3, 0.4) is 0 Å². The van der Waals surface area contributed by atoms with E-state index in [1.807, 2.05) is 18.2 Å². The molecule has 21 heavy (non-hydrogen) atoms. The van der Waals surface area contributed by atoms with E-state index in [0.717, 1.165) is 17.7 Å². The van der Waals surface area contributed by atoms with Gasteiger partial charge in [-0.15, -0.1) is 0 Å². The van der Waals surface area contributed by atoms with Crippen molar-refractivity contribution in [1.82, 2.24) is 0 Å². The lowest BCUT2D eigenvalue weighted by Gasteiger charge is -2.31. The van der Waals surface area contributed by atoms with E-state index in [1.165, 1.54) is 0 Å². The maximum absolute atomic E-state index is 11.8. The van der Waals surface area contributed by atoms with Crippen LogP contribution in [-0.2, 0) is 16.0 Å². The average Bonchev–Trinajstić information content (AvgIpc) is 2.73. The lowest BCUT2D eigenvalue weighted by Crippen LogP contribution is -2.48. The van der Waals surface area contributed by atoms with Gasteiger partial charge in [-0.05, 0) is 31.0 Å². The number of allylic oxidation sites excluding steroid dienone is 1. The highest BCUT2D eigenvalue weighted by atomic mass is 16.5. The highest BCUT2D eigenvalue weighted by molar-refractivity contribution is 5.97. The summed E-state index contributed by atoms with van der Waals surface area (Å²) in [5.41, 5.74) is 12.1. The Morgan fingerprint density at radius 1 is 1.43 bits per heavy atom. The van der Waals surface area contributed by atoms with Crippen LogP contribution in [0.1, 0.15) is 19.4 Å². The summed E-state index contributed by atoms with van der Waals surface area (Å²) in [6, 6.07) is 5.83. The predicted octanol–water partition coefficient (Wildman–Crippen LogP) is 1.34. The Bertz CT molecular complexity index is 693. The van der Waals surface area contributed by atoms with Crippen molar-refractivity contribution in [1.29, 1.82) is 0 Å². The number of fused-ring (bicyclic) bond motifs is 1. The first kappa shape index (κ1) is 13.4. The highest BCUT2D eigenvalue weighted by Crippen LogP contribution is 2.43. The number of primary amides is 1. The van der Waals surface area contributed by atoms with Gasteiger partial charge in [0, 0.05) is 6.08 Å². The van der Waals surface area contributed by atoms with E-state index in [1.54, 1.807) is 13.0 Å². The minimum atomic E-state index is -1.20. The van der Waals surface area contributed by atoms with Crippen molar-refractivity contribution >= 4 is 11.6 Å². The van der Waals surface area contributed by atoms with Gasteiger partial charge in [-0.2, -0.15) is 0 Å². The number of benzene rings is 1. The molecule has 1 unspecified atom stereocenters. The molecule has 1 amide bonds. The molecule has 5 N–H and O–H groups in total. The third-order valence-corrected chi connectivity index (χ3v) is 3.59. The molecule has 0 fully saturated rings. The molecule has 2 heterocycles. The van der Waals surface area contributed by atoms with Gasteiger partial charge in [0.2, 0.25) is 11.6 Å². The van der Waals surface area contributed by atoms with E-state index < -0.39 is 11.6 Å². The number of hydrogen-bond donors (Lipinski definition) is 3. The Morgan fingerprint density at radius 3 is 2.86 bits per heavy atom. The molecule has 1 aromatic carbocycles. The summed E-state index contributed by atoms with van der Waals surface area (Å²) < 4.78 is 11.2. The smallest absolute Gasteiger partial charge is 0.256 e. The Balaban J connectivity index is 2.09. The first-order chi connectivity index (χ1) is 9.95. The van der Waals surface area contributed by atoms with Crippen LogP contribution in [0, 0.1) is 0 Å². The molecule has 110 valence electrons. The normalized spacial score (nSPS) is 23.0. The van der Waals surface area contributed by atoms with E-state index in [2.05, 4.69) is 12.2 Å². The Kier molecular flexibility index (Phi) is 2.83. The van der Waals surface area contributed by atoms with E-state index in [-0.39, 0.29) is 11.5 Å². The summed E-state index contributed by atoms with van der Waals surface area (Å²) in [5, 5.41) is 3.20. The summed E-state index contributed by atoms with van der Waals surface area (Å²) in [5.74, 6) is 0.448. The predicted molar refractivity (Wildman–Crippen MR) is 78.1 cm³/mol. The van der Waals surface area contributed by atoms with Crippen molar-refractivity contribution in [3.63, 3.8) is 0 Å². The van der Waals surface area contributed by atoms with Gasteiger partial charge in [-0.1, -0.05) is 13.0 Å². The van der Waals surface area contributed by atoms with Crippen LogP contribution in [0.15, 0.2) is 41.5 Å². The van der Waals surface area contributed by atoms with Crippen LogP contribution in [-0.4, -0.2) is 11.6 Å². The van der Waals surface area contributed by atoms with Crippen molar-refractivity contribution in [2.24, 2.45) is 11.5 Å². The molecule has 0 bridgehead atoms. The second kappa shape index (κ2) is 4.44. The van der Waals surface area contributed by atoms with E-state index in [4.69, 9.17) is 20.9 Å². The number of aryl methyl sites for hydroxylation is 1. The Labute approximate surface area is 122 Å². The van der Waals surface area contributed by atoms with Crippen LogP contribution >= 0.6 is 0 Å². The Hall–Kier alpha value is -2.63. The first-order valence-corrected chi connectivity index (χ1v) is 6.72. The quantitative estimate of drug-likeness (QED) is 0.762. The van der Waals surface area contributed by atoms with Gasteiger partial charge in [0.05, 0.1) is 5.69 Å². The number of nitrogens with one attached hydrogen (secondary N) is 1. The molecule has 1 aromatic rings.